The van der Waals surface area contributed by atoms with Gasteiger partial charge in [0.05, 0.1) is 36.2 Å². The van der Waals surface area contributed by atoms with E-state index in [4.69, 9.17) is 28.9 Å². The predicted octanol–water partition coefficient (Wildman–Crippen LogP) is 9.41. The van der Waals surface area contributed by atoms with Gasteiger partial charge in [0.25, 0.3) is 0 Å². The lowest BCUT2D eigenvalue weighted by atomic mass is 9.56. The third kappa shape index (κ3) is 8.88. The van der Waals surface area contributed by atoms with E-state index >= 15 is 0 Å². The van der Waals surface area contributed by atoms with E-state index in [1.54, 1.807) is 25.3 Å². The SMILES string of the molecule is C=CCO[C@@]12Oc3ccc(Oc4ccc(OC)c(C=O)c4)cc3[C@H]3[C@H](CCCCO)[C@@H](CCCCO)C=C(C(=NOC(C)(C)C)C[C@@H]1SC1CCCC1)[C@H]32. The summed E-state index contributed by atoms with van der Waals surface area (Å²) in [6.45, 7) is 10.8. The fourth-order valence-electron chi connectivity index (χ4n) is 8.96. The van der Waals surface area contributed by atoms with Crippen LogP contribution in [0.3, 0.4) is 0 Å². The van der Waals surface area contributed by atoms with Gasteiger partial charge in [-0.2, -0.15) is 0 Å². The maximum atomic E-state index is 11.8. The molecule has 2 N–H and O–H groups in total. The zero-order chi connectivity index (χ0) is 38.3. The number of fused-ring (bicyclic) bond motifs is 2. The van der Waals surface area contributed by atoms with Crippen LogP contribution in [0.1, 0.15) is 113 Å². The number of hydrogen-bond donors (Lipinski definition) is 2. The summed E-state index contributed by atoms with van der Waals surface area (Å²) in [7, 11) is 1.54. The molecule has 6 rings (SSSR count). The quantitative estimate of drug-likeness (QED) is 0.0664. The number of hydrogen-bond acceptors (Lipinski definition) is 10. The number of aliphatic hydroxyl groups excluding tert-OH is 2. The molecule has 0 spiro atoms. The van der Waals surface area contributed by atoms with Gasteiger partial charge in [0.1, 0.15) is 28.6 Å². The van der Waals surface area contributed by atoms with Crippen molar-refractivity contribution < 1.29 is 38.8 Å². The van der Waals surface area contributed by atoms with Crippen molar-refractivity contribution in [1.82, 2.24) is 0 Å². The first-order valence-electron chi connectivity index (χ1n) is 19.9. The van der Waals surface area contributed by atoms with E-state index in [9.17, 15) is 15.0 Å². The number of thioether (sulfide) groups is 1. The van der Waals surface area contributed by atoms with Gasteiger partial charge in [0.2, 0.25) is 5.79 Å². The van der Waals surface area contributed by atoms with Gasteiger partial charge in [-0.3, -0.25) is 4.79 Å². The number of nitrogens with zero attached hydrogens (tertiary/aromatic N) is 1. The summed E-state index contributed by atoms with van der Waals surface area (Å²) >= 11 is 1.99. The van der Waals surface area contributed by atoms with Crippen LogP contribution in [0.25, 0.3) is 0 Å². The van der Waals surface area contributed by atoms with Gasteiger partial charge >= 0.3 is 0 Å². The van der Waals surface area contributed by atoms with Gasteiger partial charge in [0, 0.05) is 36.4 Å². The Bertz CT molecular complexity index is 1660. The van der Waals surface area contributed by atoms with E-state index in [-0.39, 0.29) is 42.1 Å². The molecule has 3 aliphatic carbocycles. The largest absolute Gasteiger partial charge is 0.496 e. The zero-order valence-electron chi connectivity index (χ0n) is 32.5. The molecule has 0 aromatic heterocycles. The second kappa shape index (κ2) is 18.1. The van der Waals surface area contributed by atoms with E-state index in [0.29, 0.717) is 41.1 Å². The number of carbonyl (C=O) groups excluding carboxylic acids is 1. The molecule has 0 amide bonds. The Hall–Kier alpha value is -3.31. The predicted molar refractivity (Wildman–Crippen MR) is 214 cm³/mol. The number of carbonyl (C=O) groups is 1. The topological polar surface area (TPSA) is 116 Å². The van der Waals surface area contributed by atoms with E-state index in [1.807, 2.05) is 50.7 Å². The van der Waals surface area contributed by atoms with Gasteiger partial charge in [-0.05, 0) is 113 Å². The number of aldehydes is 1. The first-order chi connectivity index (χ1) is 26.1. The number of rotatable bonds is 18. The average molecular weight is 762 g/mol. The van der Waals surface area contributed by atoms with Crippen LogP contribution in [0.2, 0.25) is 0 Å². The van der Waals surface area contributed by atoms with Crippen LogP contribution < -0.4 is 14.2 Å². The number of benzene rings is 2. The molecule has 2 aromatic rings. The van der Waals surface area contributed by atoms with E-state index < -0.39 is 11.4 Å². The van der Waals surface area contributed by atoms with Crippen LogP contribution in [-0.2, 0) is 9.57 Å². The van der Waals surface area contributed by atoms with Gasteiger partial charge in [-0.15, -0.1) is 18.3 Å². The number of ether oxygens (including phenoxy) is 4. The summed E-state index contributed by atoms with van der Waals surface area (Å²) in [5.74, 6) is 1.59. The molecule has 0 saturated heterocycles. The van der Waals surface area contributed by atoms with Crippen molar-refractivity contribution in [1.29, 1.82) is 0 Å². The minimum Gasteiger partial charge on any atom is -0.496 e. The number of methoxy groups -OCH3 is 1. The number of unbranched alkanes of at least 4 members (excludes halogenated alkanes) is 2. The molecule has 2 fully saturated rings. The molecule has 4 aliphatic rings. The van der Waals surface area contributed by atoms with Gasteiger partial charge in [-0.1, -0.05) is 43.0 Å². The van der Waals surface area contributed by atoms with Crippen molar-refractivity contribution in [2.75, 3.05) is 26.9 Å². The van der Waals surface area contributed by atoms with Crippen molar-refractivity contribution in [2.45, 2.75) is 119 Å². The standard InChI is InChI=1S/C44H59NO8S/c1-6-23-50-44-40(54-33-14-7-8-15-33)27-37(45-53-43(2,3)4)35-25-29(13-9-11-21-46)34(16-10-12-22-47)41(42(35)44)36-26-32(18-20-39(36)52-44)51-31-17-19-38(49-5)30(24-31)28-48/h6,17-20,24-26,28-29,33-34,40-42,46-47H,1,7-16,21-23,27H2,2-5H3/t29-,34+,40-,41+,42+,44+/m0/s1. The van der Waals surface area contributed by atoms with Crippen molar-refractivity contribution in [2.24, 2.45) is 22.9 Å². The monoisotopic (exact) mass is 761 g/mol. The van der Waals surface area contributed by atoms with Gasteiger partial charge in [0.15, 0.2) is 6.29 Å². The Morgan fingerprint density at radius 1 is 1.02 bits per heavy atom. The summed E-state index contributed by atoms with van der Waals surface area (Å²) in [6, 6.07) is 11.3. The van der Waals surface area contributed by atoms with Crippen molar-refractivity contribution in [3.05, 3.63) is 71.8 Å². The fourth-order valence-corrected chi connectivity index (χ4v) is 10.7. The Kier molecular flexibility index (Phi) is 13.5. The zero-order valence-corrected chi connectivity index (χ0v) is 33.3. The molecule has 6 atom stereocenters. The lowest BCUT2D eigenvalue weighted by Gasteiger charge is -2.58. The summed E-state index contributed by atoms with van der Waals surface area (Å²) in [5.41, 5.74) is 3.06. The van der Waals surface area contributed by atoms with Crippen molar-refractivity contribution in [3.63, 3.8) is 0 Å². The highest BCUT2D eigenvalue weighted by molar-refractivity contribution is 8.00. The molecular formula is C44H59NO8S. The van der Waals surface area contributed by atoms with E-state index in [0.717, 1.165) is 67.4 Å². The molecule has 0 radical (unpaired) electrons. The average Bonchev–Trinajstić information content (AvgIpc) is 3.68. The first-order valence-corrected chi connectivity index (χ1v) is 20.8. The van der Waals surface area contributed by atoms with Crippen LogP contribution in [0.4, 0.5) is 0 Å². The van der Waals surface area contributed by atoms with Crippen LogP contribution in [0.15, 0.2) is 65.9 Å². The molecule has 2 aromatic carbocycles. The van der Waals surface area contributed by atoms with Gasteiger partial charge < -0.3 is 34.0 Å². The normalized spacial score (nSPS) is 27.0. The highest BCUT2D eigenvalue weighted by Crippen LogP contribution is 2.63. The van der Waals surface area contributed by atoms with Crippen LogP contribution >= 0.6 is 11.8 Å². The number of oxime groups is 1. The second-order valence-corrected chi connectivity index (χ2v) is 17.6. The Morgan fingerprint density at radius 3 is 2.43 bits per heavy atom. The van der Waals surface area contributed by atoms with E-state index in [2.05, 4.69) is 18.7 Å². The van der Waals surface area contributed by atoms with Crippen molar-refractivity contribution >= 4 is 23.8 Å². The van der Waals surface area contributed by atoms with Crippen LogP contribution in [0.5, 0.6) is 23.0 Å². The summed E-state index contributed by atoms with van der Waals surface area (Å²) in [5, 5.41) is 25.1. The summed E-state index contributed by atoms with van der Waals surface area (Å²) in [6.07, 6.45) is 15.5. The molecule has 1 aliphatic heterocycles. The molecular weight excluding hydrogens is 703 g/mol. The number of aliphatic hydroxyl groups is 2. The third-order valence-electron chi connectivity index (χ3n) is 11.3. The molecule has 0 unspecified atom stereocenters. The summed E-state index contributed by atoms with van der Waals surface area (Å²) < 4.78 is 26.2. The molecule has 2 saturated carbocycles. The molecule has 54 heavy (non-hydrogen) atoms. The Balaban J connectivity index is 1.54. The fraction of sp³-hybridized carbons (Fsp3) is 0.591. The first kappa shape index (κ1) is 40.4. The lowest BCUT2D eigenvalue weighted by Crippen LogP contribution is -2.64. The van der Waals surface area contributed by atoms with Crippen molar-refractivity contribution in [3.8, 4) is 23.0 Å². The lowest BCUT2D eigenvalue weighted by molar-refractivity contribution is -0.223. The summed E-state index contributed by atoms with van der Waals surface area (Å²) in [4.78, 5) is 18.1. The smallest absolute Gasteiger partial charge is 0.230 e. The number of allylic oxidation sites excluding steroid dienone is 1. The molecule has 9 nitrogen and oxygen atoms in total. The minimum atomic E-state index is -0.992. The van der Waals surface area contributed by atoms with E-state index in [1.165, 1.54) is 25.7 Å². The Labute approximate surface area is 325 Å². The molecule has 10 heteroatoms. The molecule has 0 bridgehead atoms. The van der Waals surface area contributed by atoms with Crippen LogP contribution in [-0.4, -0.2) is 71.0 Å². The van der Waals surface area contributed by atoms with Gasteiger partial charge in [-0.25, -0.2) is 0 Å². The van der Waals surface area contributed by atoms with Crippen LogP contribution in [0, 0.1) is 17.8 Å². The third-order valence-corrected chi connectivity index (χ3v) is 13.0. The molecule has 294 valence electrons. The minimum absolute atomic E-state index is 0.0341. The maximum absolute atomic E-state index is 11.8. The maximum Gasteiger partial charge on any atom is 0.230 e. The Morgan fingerprint density at radius 2 is 1.74 bits per heavy atom. The highest BCUT2D eigenvalue weighted by Gasteiger charge is 2.64. The molecule has 1 heterocycles. The highest BCUT2D eigenvalue weighted by atomic mass is 32.2. The second-order valence-electron chi connectivity index (χ2n) is 16.1.